The molecule has 0 saturated heterocycles. The van der Waals surface area contributed by atoms with E-state index in [-0.39, 0.29) is 12.5 Å². The number of aryl methyl sites for hydroxylation is 1. The number of amides is 1. The lowest BCUT2D eigenvalue weighted by Crippen LogP contribution is -2.24. The predicted molar refractivity (Wildman–Crippen MR) is 109 cm³/mol. The summed E-state index contributed by atoms with van der Waals surface area (Å²) in [7, 11) is 0. The van der Waals surface area contributed by atoms with Crippen LogP contribution in [0, 0.1) is 11.7 Å². The van der Waals surface area contributed by atoms with Crippen molar-refractivity contribution in [2.24, 2.45) is 0 Å². The number of hydrogen-bond acceptors (Lipinski definition) is 3. The summed E-state index contributed by atoms with van der Waals surface area (Å²) in [5.74, 6) is 0.510. The first-order valence-corrected chi connectivity index (χ1v) is 9.03. The number of benzene rings is 3. The quantitative estimate of drug-likeness (QED) is 0.523. The summed E-state index contributed by atoms with van der Waals surface area (Å²) in [6.07, 6.45) is 0. The molecule has 27 heavy (non-hydrogen) atoms. The summed E-state index contributed by atoms with van der Waals surface area (Å²) in [5.41, 5.74) is 2.69. The Balaban J connectivity index is 1.61. The van der Waals surface area contributed by atoms with Crippen molar-refractivity contribution < 1.29 is 4.79 Å². The third kappa shape index (κ3) is 3.39. The maximum atomic E-state index is 12.8. The maximum Gasteiger partial charge on any atom is 0.252 e. The minimum atomic E-state index is -0.142. The lowest BCUT2D eigenvalue weighted by molar-refractivity contribution is 0.0951. The Morgan fingerprint density at radius 1 is 1.11 bits per heavy atom. The second-order valence-electron chi connectivity index (χ2n) is 6.33. The minimum absolute atomic E-state index is 0.142. The summed E-state index contributed by atoms with van der Waals surface area (Å²) >= 11 is 5.37. The normalized spacial score (nSPS) is 10.9. The fraction of sp³-hybridized carbons (Fsp3) is 0.0952. The highest BCUT2D eigenvalue weighted by Gasteiger charge is 2.13. The molecule has 1 heterocycles. The van der Waals surface area contributed by atoms with Gasteiger partial charge in [-0.3, -0.25) is 14.5 Å². The molecule has 1 aromatic heterocycles. The molecule has 0 radical (unpaired) electrons. The van der Waals surface area contributed by atoms with E-state index in [1.807, 2.05) is 78.2 Å². The topological polar surface area (TPSA) is 62.7 Å². The van der Waals surface area contributed by atoms with Gasteiger partial charge in [0.25, 0.3) is 5.91 Å². The van der Waals surface area contributed by atoms with Gasteiger partial charge in [0, 0.05) is 11.3 Å². The predicted octanol–water partition coefficient (Wildman–Crippen LogP) is 4.32. The summed E-state index contributed by atoms with van der Waals surface area (Å²) in [6, 6.07) is 21.5. The molecule has 0 atom stereocenters. The van der Waals surface area contributed by atoms with Crippen LogP contribution in [0.5, 0.6) is 0 Å². The van der Waals surface area contributed by atoms with Crippen LogP contribution in [0.4, 0.5) is 0 Å². The van der Waals surface area contributed by atoms with Gasteiger partial charge in [0.1, 0.15) is 0 Å². The summed E-state index contributed by atoms with van der Waals surface area (Å²) in [5, 5.41) is 12.0. The zero-order chi connectivity index (χ0) is 18.8. The second-order valence-corrected chi connectivity index (χ2v) is 6.72. The van der Waals surface area contributed by atoms with Gasteiger partial charge in [-0.1, -0.05) is 48.5 Å². The van der Waals surface area contributed by atoms with Gasteiger partial charge in [0.2, 0.25) is 0 Å². The van der Waals surface area contributed by atoms with Crippen LogP contribution < -0.4 is 5.32 Å². The molecule has 0 unspecified atom stereocenters. The third-order valence-electron chi connectivity index (χ3n) is 4.44. The average Bonchev–Trinajstić information content (AvgIpc) is 3.06. The van der Waals surface area contributed by atoms with Gasteiger partial charge in [-0.15, -0.1) is 0 Å². The molecule has 5 nitrogen and oxygen atoms in total. The maximum absolute atomic E-state index is 12.8. The zero-order valence-electron chi connectivity index (χ0n) is 14.8. The first-order chi connectivity index (χ1) is 13.1. The van der Waals surface area contributed by atoms with Crippen LogP contribution in [0.1, 0.15) is 21.7 Å². The summed E-state index contributed by atoms with van der Waals surface area (Å²) < 4.78 is 2.33. The van der Waals surface area contributed by atoms with Crippen LogP contribution in [0.3, 0.4) is 0 Å². The number of aromatic amines is 1. The van der Waals surface area contributed by atoms with E-state index >= 15 is 0 Å². The van der Waals surface area contributed by atoms with Crippen molar-refractivity contribution in [3.8, 4) is 5.69 Å². The van der Waals surface area contributed by atoms with E-state index in [0.29, 0.717) is 16.2 Å². The Hall–Kier alpha value is -3.25. The number of hydrogen-bond donors (Lipinski definition) is 2. The van der Waals surface area contributed by atoms with Crippen molar-refractivity contribution in [2.45, 2.75) is 13.5 Å². The first-order valence-electron chi connectivity index (χ1n) is 8.63. The van der Waals surface area contributed by atoms with Crippen molar-refractivity contribution in [1.82, 2.24) is 20.1 Å². The Labute approximate surface area is 161 Å². The van der Waals surface area contributed by atoms with Crippen LogP contribution in [0.25, 0.3) is 16.5 Å². The highest BCUT2D eigenvalue weighted by Crippen LogP contribution is 2.19. The van der Waals surface area contributed by atoms with E-state index in [1.54, 1.807) is 0 Å². The molecule has 4 aromatic rings. The molecule has 0 spiro atoms. The number of nitrogens with zero attached hydrogens (tertiary/aromatic N) is 2. The molecule has 1 amide bonds. The smallest absolute Gasteiger partial charge is 0.252 e. The van der Waals surface area contributed by atoms with E-state index in [2.05, 4.69) is 15.5 Å². The molecular formula is C21H18N4OS. The van der Waals surface area contributed by atoms with E-state index in [1.165, 1.54) is 0 Å². The number of carbonyl (C=O) groups excluding carboxylic acids is 1. The Morgan fingerprint density at radius 3 is 2.74 bits per heavy atom. The molecule has 3 aromatic carbocycles. The standard InChI is InChI=1S/C21H18N4OS/c1-14-6-4-9-16(12-14)25-19(23-24-21(25)27)13-22-20(26)18-11-5-8-15-7-2-3-10-17(15)18/h2-12H,13H2,1H3,(H,22,26)(H,24,27). The highest BCUT2D eigenvalue weighted by atomic mass is 32.1. The van der Waals surface area contributed by atoms with Gasteiger partial charge in [-0.25, -0.2) is 0 Å². The number of aromatic nitrogens is 3. The molecule has 6 heteroatoms. The molecular weight excluding hydrogens is 356 g/mol. The molecule has 0 fully saturated rings. The fourth-order valence-electron chi connectivity index (χ4n) is 3.16. The number of nitrogens with one attached hydrogen (secondary N) is 2. The molecule has 0 aliphatic rings. The SMILES string of the molecule is Cc1cccc(-n2c(CNC(=O)c3cccc4ccccc34)n[nH]c2=S)c1. The molecule has 0 aliphatic heterocycles. The van der Waals surface area contributed by atoms with E-state index in [4.69, 9.17) is 12.2 Å². The van der Waals surface area contributed by atoms with Crippen molar-refractivity contribution in [2.75, 3.05) is 0 Å². The number of fused-ring (bicyclic) bond motifs is 1. The number of carbonyl (C=O) groups is 1. The first kappa shape index (κ1) is 17.2. The summed E-state index contributed by atoms with van der Waals surface area (Å²) in [4.78, 5) is 12.8. The number of rotatable bonds is 4. The summed E-state index contributed by atoms with van der Waals surface area (Å²) in [6.45, 7) is 2.29. The Morgan fingerprint density at radius 2 is 1.89 bits per heavy atom. The average molecular weight is 374 g/mol. The third-order valence-corrected chi connectivity index (χ3v) is 4.72. The van der Waals surface area contributed by atoms with Gasteiger partial charge < -0.3 is 5.32 Å². The molecule has 0 saturated carbocycles. The van der Waals surface area contributed by atoms with E-state index in [9.17, 15) is 4.79 Å². The van der Waals surface area contributed by atoms with Crippen LogP contribution in [-0.4, -0.2) is 20.7 Å². The minimum Gasteiger partial charge on any atom is -0.345 e. The van der Waals surface area contributed by atoms with Crippen molar-refractivity contribution >= 4 is 28.9 Å². The Bertz CT molecular complexity index is 1190. The number of H-pyrrole nitrogens is 1. The molecule has 2 N–H and O–H groups in total. The van der Waals surface area contributed by atoms with Crippen molar-refractivity contribution in [3.63, 3.8) is 0 Å². The highest BCUT2D eigenvalue weighted by molar-refractivity contribution is 7.71. The lowest BCUT2D eigenvalue weighted by Gasteiger charge is -2.10. The van der Waals surface area contributed by atoms with Crippen molar-refractivity contribution in [3.05, 3.63) is 88.5 Å². The van der Waals surface area contributed by atoms with E-state index in [0.717, 1.165) is 22.0 Å². The Kier molecular flexibility index (Phi) is 4.56. The van der Waals surface area contributed by atoms with Crippen LogP contribution >= 0.6 is 12.2 Å². The van der Waals surface area contributed by atoms with Gasteiger partial charge in [-0.05, 0) is 53.7 Å². The van der Waals surface area contributed by atoms with Crippen LogP contribution in [0.2, 0.25) is 0 Å². The van der Waals surface area contributed by atoms with Crippen LogP contribution in [0.15, 0.2) is 66.7 Å². The van der Waals surface area contributed by atoms with Gasteiger partial charge in [-0.2, -0.15) is 5.10 Å². The lowest BCUT2D eigenvalue weighted by atomic mass is 10.0. The second kappa shape index (κ2) is 7.17. The van der Waals surface area contributed by atoms with Gasteiger partial charge in [0.15, 0.2) is 10.6 Å². The van der Waals surface area contributed by atoms with Gasteiger partial charge >= 0.3 is 0 Å². The van der Waals surface area contributed by atoms with Crippen LogP contribution in [-0.2, 0) is 6.54 Å². The van der Waals surface area contributed by atoms with E-state index < -0.39 is 0 Å². The zero-order valence-corrected chi connectivity index (χ0v) is 15.6. The fourth-order valence-corrected chi connectivity index (χ4v) is 3.42. The molecule has 0 aliphatic carbocycles. The monoisotopic (exact) mass is 374 g/mol. The molecule has 4 rings (SSSR count). The van der Waals surface area contributed by atoms with Gasteiger partial charge in [0.05, 0.1) is 6.54 Å². The molecule has 0 bridgehead atoms. The van der Waals surface area contributed by atoms with Crippen molar-refractivity contribution in [1.29, 1.82) is 0 Å². The largest absolute Gasteiger partial charge is 0.345 e. The molecule has 134 valence electrons.